The summed E-state index contributed by atoms with van der Waals surface area (Å²) in [7, 11) is 0. The molecule has 6 nitrogen and oxygen atoms in total. The van der Waals surface area contributed by atoms with E-state index in [1.165, 1.54) is 6.07 Å². The van der Waals surface area contributed by atoms with Crippen molar-refractivity contribution in [1.82, 2.24) is 0 Å². The van der Waals surface area contributed by atoms with Gasteiger partial charge in [0.05, 0.1) is 0 Å². The second-order valence-electron chi connectivity index (χ2n) is 2.58. The van der Waals surface area contributed by atoms with Gasteiger partial charge in [-0.05, 0) is 17.7 Å². The van der Waals surface area contributed by atoms with E-state index >= 15 is 0 Å². The zero-order valence-electron chi connectivity index (χ0n) is 6.91. The van der Waals surface area contributed by atoms with Crippen LogP contribution >= 0.6 is 0 Å². The molecule has 1 aromatic rings. The highest BCUT2D eigenvalue weighted by molar-refractivity contribution is 5.82. The number of nitroso groups, excluding NO2 is 1. The van der Waals surface area contributed by atoms with Crippen LogP contribution in [0.5, 0.6) is 11.5 Å². The molecule has 0 saturated carbocycles. The van der Waals surface area contributed by atoms with Crippen molar-refractivity contribution in [1.29, 1.82) is 0 Å². The van der Waals surface area contributed by atoms with Crippen LogP contribution in [0, 0.1) is 4.91 Å². The molecule has 1 amide bonds. The molecule has 1 unspecified atom stereocenters. The third kappa shape index (κ3) is 1.86. The molecule has 0 spiro atoms. The van der Waals surface area contributed by atoms with Crippen molar-refractivity contribution in [2.45, 2.75) is 6.10 Å². The fourth-order valence-corrected chi connectivity index (χ4v) is 0.903. The van der Waals surface area contributed by atoms with Crippen LogP contribution < -0.4 is 0 Å². The Morgan fingerprint density at radius 3 is 2.43 bits per heavy atom. The van der Waals surface area contributed by atoms with E-state index in [9.17, 15) is 9.70 Å². The monoisotopic (exact) mass is 197 g/mol. The summed E-state index contributed by atoms with van der Waals surface area (Å²) in [5.41, 5.74) is -0.00935. The molecule has 74 valence electrons. The number of carbonyl (C=O) groups is 1. The topological polar surface area (TPSA) is 107 Å². The maximum Gasteiger partial charge on any atom is 0.319 e. The average Bonchev–Trinajstić information content (AvgIpc) is 2.20. The fourth-order valence-electron chi connectivity index (χ4n) is 0.903. The number of aliphatic hydroxyl groups excluding tert-OH is 1. The number of aromatic hydroxyl groups is 2. The molecule has 0 aromatic heterocycles. The second kappa shape index (κ2) is 3.84. The van der Waals surface area contributed by atoms with Gasteiger partial charge in [0.15, 0.2) is 17.6 Å². The third-order valence-electron chi connectivity index (χ3n) is 1.64. The largest absolute Gasteiger partial charge is 0.504 e. The summed E-state index contributed by atoms with van der Waals surface area (Å²) >= 11 is 0. The number of phenolic OH excluding ortho intramolecular Hbond substituents is 2. The predicted molar refractivity (Wildman–Crippen MR) is 45.5 cm³/mol. The minimum absolute atomic E-state index is 0.00935. The summed E-state index contributed by atoms with van der Waals surface area (Å²) in [4.78, 5) is 20.4. The Bertz CT molecular complexity index is 376. The van der Waals surface area contributed by atoms with Crippen LogP contribution in [0.15, 0.2) is 23.4 Å². The van der Waals surface area contributed by atoms with E-state index in [4.69, 9.17) is 15.3 Å². The van der Waals surface area contributed by atoms with Crippen LogP contribution in [-0.4, -0.2) is 21.2 Å². The molecular formula is C8H7NO5. The summed E-state index contributed by atoms with van der Waals surface area (Å²) in [5, 5.41) is 29.1. The summed E-state index contributed by atoms with van der Waals surface area (Å²) in [6.45, 7) is 0. The lowest BCUT2D eigenvalue weighted by atomic mass is 10.1. The van der Waals surface area contributed by atoms with Crippen LogP contribution in [0.2, 0.25) is 0 Å². The number of hydrogen-bond donors (Lipinski definition) is 3. The van der Waals surface area contributed by atoms with E-state index in [1.807, 2.05) is 5.18 Å². The van der Waals surface area contributed by atoms with Crippen LogP contribution in [-0.2, 0) is 4.79 Å². The lowest BCUT2D eigenvalue weighted by molar-refractivity contribution is -0.126. The fraction of sp³-hybridized carbons (Fsp3) is 0.125. The van der Waals surface area contributed by atoms with E-state index in [1.54, 1.807) is 0 Å². The summed E-state index contributed by atoms with van der Waals surface area (Å²) < 4.78 is 0. The molecule has 3 N–H and O–H groups in total. The van der Waals surface area contributed by atoms with Gasteiger partial charge in [-0.3, -0.25) is 4.79 Å². The molecule has 0 fully saturated rings. The molecule has 1 rings (SSSR count). The second-order valence-corrected chi connectivity index (χ2v) is 2.58. The maximum absolute atomic E-state index is 10.6. The molecule has 6 heteroatoms. The van der Waals surface area contributed by atoms with E-state index in [2.05, 4.69) is 0 Å². The van der Waals surface area contributed by atoms with Gasteiger partial charge in [0, 0.05) is 5.18 Å². The van der Waals surface area contributed by atoms with Crippen molar-refractivity contribution in [3.05, 3.63) is 28.7 Å². The predicted octanol–water partition coefficient (Wildman–Crippen LogP) is 0.424. The van der Waals surface area contributed by atoms with Gasteiger partial charge in [-0.25, -0.2) is 0 Å². The first-order valence-electron chi connectivity index (χ1n) is 3.63. The molecule has 1 atom stereocenters. The third-order valence-corrected chi connectivity index (χ3v) is 1.64. The van der Waals surface area contributed by atoms with Crippen molar-refractivity contribution < 1.29 is 20.1 Å². The van der Waals surface area contributed by atoms with Crippen molar-refractivity contribution in [2.75, 3.05) is 0 Å². The number of rotatable bonds is 2. The summed E-state index contributed by atoms with van der Waals surface area (Å²) in [6.07, 6.45) is -1.71. The van der Waals surface area contributed by atoms with Gasteiger partial charge in [0.2, 0.25) is 0 Å². The lowest BCUT2D eigenvalue weighted by Crippen LogP contribution is -2.08. The first kappa shape index (κ1) is 10.1. The first-order valence-corrected chi connectivity index (χ1v) is 3.63. The van der Waals surface area contributed by atoms with Gasteiger partial charge in [-0.1, -0.05) is 6.07 Å². The Balaban J connectivity index is 3.02. The Morgan fingerprint density at radius 2 is 1.93 bits per heavy atom. The number of amides is 1. The highest BCUT2D eigenvalue weighted by Crippen LogP contribution is 2.28. The van der Waals surface area contributed by atoms with Crippen LogP contribution in [0.25, 0.3) is 0 Å². The molecule has 0 saturated heterocycles. The Morgan fingerprint density at radius 1 is 1.29 bits per heavy atom. The molecule has 0 radical (unpaired) electrons. The van der Waals surface area contributed by atoms with Gasteiger partial charge in [-0.2, -0.15) is 0 Å². The molecule has 0 aliphatic rings. The molecule has 0 bridgehead atoms. The minimum Gasteiger partial charge on any atom is -0.504 e. The van der Waals surface area contributed by atoms with Crippen molar-refractivity contribution in [2.24, 2.45) is 5.18 Å². The number of phenols is 2. The Kier molecular flexibility index (Phi) is 2.78. The van der Waals surface area contributed by atoms with E-state index in [0.717, 1.165) is 12.1 Å². The highest BCUT2D eigenvalue weighted by atomic mass is 16.3. The van der Waals surface area contributed by atoms with Crippen molar-refractivity contribution in [3.63, 3.8) is 0 Å². The zero-order chi connectivity index (χ0) is 10.7. The molecule has 0 aliphatic heterocycles. The van der Waals surface area contributed by atoms with Gasteiger partial charge >= 0.3 is 5.91 Å². The molecule has 1 aromatic carbocycles. The Hall–Kier alpha value is -1.95. The van der Waals surface area contributed by atoms with E-state index in [-0.39, 0.29) is 11.3 Å². The van der Waals surface area contributed by atoms with Gasteiger partial charge in [0.25, 0.3) is 0 Å². The number of aliphatic hydroxyl groups is 1. The number of nitrogens with zero attached hydrogens (tertiary/aromatic N) is 1. The average molecular weight is 197 g/mol. The molecule has 0 aliphatic carbocycles. The number of benzene rings is 1. The minimum atomic E-state index is -1.71. The van der Waals surface area contributed by atoms with Gasteiger partial charge in [-0.15, -0.1) is 4.91 Å². The van der Waals surface area contributed by atoms with Crippen LogP contribution in [0.3, 0.4) is 0 Å². The highest BCUT2D eigenvalue weighted by Gasteiger charge is 2.18. The van der Waals surface area contributed by atoms with Crippen LogP contribution in [0.4, 0.5) is 0 Å². The zero-order valence-corrected chi connectivity index (χ0v) is 6.91. The molecule has 0 heterocycles. The molecular weight excluding hydrogens is 190 g/mol. The van der Waals surface area contributed by atoms with Crippen molar-refractivity contribution >= 4 is 5.91 Å². The van der Waals surface area contributed by atoms with Gasteiger partial charge < -0.3 is 15.3 Å². The van der Waals surface area contributed by atoms with Gasteiger partial charge in [0.1, 0.15) is 0 Å². The normalized spacial score (nSPS) is 12.1. The Labute approximate surface area is 78.4 Å². The standard InChI is InChI=1S/C8H7NO5/c10-5-2-1-4(3-6(5)11)7(12)8(13)9-14/h1-3,7,10-12H. The number of carbonyl (C=O) groups excluding carboxylic acids is 1. The van der Waals surface area contributed by atoms with E-state index in [0.29, 0.717) is 0 Å². The number of hydrogen-bond acceptors (Lipinski definition) is 5. The quantitative estimate of drug-likeness (QED) is 0.470. The van der Waals surface area contributed by atoms with Crippen molar-refractivity contribution in [3.8, 4) is 11.5 Å². The maximum atomic E-state index is 10.6. The van der Waals surface area contributed by atoms with E-state index < -0.39 is 17.8 Å². The summed E-state index contributed by atoms with van der Waals surface area (Å²) in [6, 6.07) is 3.26. The smallest absolute Gasteiger partial charge is 0.319 e. The molecule has 14 heavy (non-hydrogen) atoms. The first-order chi connectivity index (χ1) is 6.56. The van der Waals surface area contributed by atoms with Crippen LogP contribution in [0.1, 0.15) is 11.7 Å². The summed E-state index contributed by atoms with van der Waals surface area (Å²) in [5.74, 6) is -2.12. The SMILES string of the molecule is O=NC(=O)C(O)c1ccc(O)c(O)c1. The lowest BCUT2D eigenvalue weighted by Gasteiger charge is -2.06.